The Kier molecular flexibility index (Phi) is 1.47. The van der Waals surface area contributed by atoms with Gasteiger partial charge in [0.25, 0.3) is 0 Å². The first-order valence-corrected chi connectivity index (χ1v) is 3.63. The predicted molar refractivity (Wildman–Crippen MR) is 44.0 cm³/mol. The highest BCUT2D eigenvalue weighted by molar-refractivity contribution is 5.88. The van der Waals surface area contributed by atoms with Crippen LogP contribution in [0.3, 0.4) is 0 Å². The van der Waals surface area contributed by atoms with Crippen LogP contribution in [0.2, 0.25) is 0 Å². The zero-order chi connectivity index (χ0) is 8.55. The zero-order valence-corrected chi connectivity index (χ0v) is 6.25. The van der Waals surface area contributed by atoms with E-state index in [0.29, 0.717) is 5.39 Å². The van der Waals surface area contributed by atoms with E-state index in [-0.39, 0.29) is 11.1 Å². The van der Waals surface area contributed by atoms with Crippen molar-refractivity contribution in [3.63, 3.8) is 0 Å². The molecular weight excluding hydrogens is 155 g/mol. The molecule has 0 aliphatic heterocycles. The molecule has 0 aromatic heterocycles. The first-order chi connectivity index (χ1) is 5.79. The maximum atomic E-state index is 13.0. The number of benzene rings is 2. The van der Waals surface area contributed by atoms with E-state index in [9.17, 15) is 9.50 Å². The van der Waals surface area contributed by atoms with Gasteiger partial charge >= 0.3 is 0 Å². The lowest BCUT2D eigenvalue weighted by atomic mass is 10.1. The highest BCUT2D eigenvalue weighted by Gasteiger charge is 2.04. The van der Waals surface area contributed by atoms with E-state index in [4.69, 9.17) is 0 Å². The SMILES string of the molecule is [O]c1cccc2cccc(F)c12. The van der Waals surface area contributed by atoms with Crippen molar-refractivity contribution >= 4 is 10.8 Å². The van der Waals surface area contributed by atoms with E-state index in [2.05, 4.69) is 0 Å². The molecule has 0 unspecified atom stereocenters. The molecule has 0 atom stereocenters. The van der Waals surface area contributed by atoms with Gasteiger partial charge in [0.15, 0.2) is 5.75 Å². The van der Waals surface area contributed by atoms with Gasteiger partial charge in [0.1, 0.15) is 5.82 Å². The average Bonchev–Trinajstić information content (AvgIpc) is 2.04. The smallest absolute Gasteiger partial charge is 0.189 e. The maximum absolute atomic E-state index is 13.0. The summed E-state index contributed by atoms with van der Waals surface area (Å²) in [5.41, 5.74) is 0. The van der Waals surface area contributed by atoms with Crippen LogP contribution in [0.1, 0.15) is 0 Å². The van der Waals surface area contributed by atoms with Gasteiger partial charge in [-0.2, -0.15) is 0 Å². The van der Waals surface area contributed by atoms with Crippen molar-refractivity contribution in [3.05, 3.63) is 42.2 Å². The van der Waals surface area contributed by atoms with Gasteiger partial charge in [0.05, 0.1) is 5.39 Å². The van der Waals surface area contributed by atoms with Crippen LogP contribution in [0.4, 0.5) is 4.39 Å². The Balaban J connectivity index is 2.96. The molecule has 0 N–H and O–H groups in total. The van der Waals surface area contributed by atoms with Crippen LogP contribution in [0.15, 0.2) is 36.4 Å². The summed E-state index contributed by atoms with van der Waals surface area (Å²) in [6.45, 7) is 0. The highest BCUT2D eigenvalue weighted by Crippen LogP contribution is 2.26. The zero-order valence-electron chi connectivity index (χ0n) is 6.25. The molecule has 0 bridgehead atoms. The Morgan fingerprint density at radius 1 is 1.00 bits per heavy atom. The van der Waals surface area contributed by atoms with Crippen LogP contribution < -0.4 is 0 Å². The minimum Gasteiger partial charge on any atom is -0.289 e. The second kappa shape index (κ2) is 2.48. The molecule has 0 fully saturated rings. The topological polar surface area (TPSA) is 19.9 Å². The summed E-state index contributed by atoms with van der Waals surface area (Å²) in [7, 11) is 0. The van der Waals surface area contributed by atoms with Gasteiger partial charge in [0, 0.05) is 0 Å². The molecular formula is C10H6FO. The predicted octanol–water partition coefficient (Wildman–Crippen LogP) is 3.12. The third kappa shape index (κ3) is 0.925. The minimum absolute atomic E-state index is 0.181. The fourth-order valence-corrected chi connectivity index (χ4v) is 1.26. The molecule has 0 aliphatic rings. The summed E-state index contributed by atoms with van der Waals surface area (Å²) in [4.78, 5) is 0. The molecule has 2 aromatic rings. The van der Waals surface area contributed by atoms with Crippen LogP contribution in [0.5, 0.6) is 5.75 Å². The number of rotatable bonds is 0. The molecule has 0 heterocycles. The second-order valence-electron chi connectivity index (χ2n) is 2.59. The molecule has 0 amide bonds. The molecule has 2 rings (SSSR count). The van der Waals surface area contributed by atoms with Crippen LogP contribution in [0, 0.1) is 5.82 Å². The number of halogens is 1. The molecule has 0 saturated heterocycles. The Labute approximate surface area is 69.1 Å². The van der Waals surface area contributed by atoms with Crippen molar-refractivity contribution in [2.24, 2.45) is 0 Å². The lowest BCUT2D eigenvalue weighted by molar-refractivity contribution is 0.359. The van der Waals surface area contributed by atoms with Gasteiger partial charge in [-0.1, -0.05) is 24.3 Å². The van der Waals surface area contributed by atoms with E-state index in [1.165, 1.54) is 12.1 Å². The minimum atomic E-state index is -0.446. The summed E-state index contributed by atoms with van der Waals surface area (Å²) in [6.07, 6.45) is 0. The van der Waals surface area contributed by atoms with Gasteiger partial charge in [-0.3, -0.25) is 5.11 Å². The Morgan fingerprint density at radius 3 is 2.33 bits per heavy atom. The van der Waals surface area contributed by atoms with Gasteiger partial charge in [0.2, 0.25) is 0 Å². The first kappa shape index (κ1) is 7.10. The van der Waals surface area contributed by atoms with Crippen LogP contribution in [-0.4, -0.2) is 0 Å². The largest absolute Gasteiger partial charge is 0.289 e. The van der Waals surface area contributed by atoms with E-state index in [1.54, 1.807) is 24.3 Å². The molecule has 1 radical (unpaired) electrons. The maximum Gasteiger partial charge on any atom is 0.189 e. The monoisotopic (exact) mass is 161 g/mol. The summed E-state index contributed by atoms with van der Waals surface area (Å²) in [6, 6.07) is 9.33. The van der Waals surface area contributed by atoms with E-state index in [0.717, 1.165) is 0 Å². The van der Waals surface area contributed by atoms with Crippen molar-refractivity contribution in [2.75, 3.05) is 0 Å². The summed E-state index contributed by atoms with van der Waals surface area (Å²) in [5.74, 6) is -0.705. The standard InChI is InChI=1S/C10H6FO/c11-8-5-1-3-7-4-2-6-9(12)10(7)8/h1-6H. The summed E-state index contributed by atoms with van der Waals surface area (Å²) < 4.78 is 13.0. The van der Waals surface area contributed by atoms with Crippen LogP contribution >= 0.6 is 0 Å². The number of fused-ring (bicyclic) bond motifs is 1. The van der Waals surface area contributed by atoms with Gasteiger partial charge < -0.3 is 0 Å². The lowest BCUT2D eigenvalue weighted by Crippen LogP contribution is -1.78. The van der Waals surface area contributed by atoms with E-state index >= 15 is 0 Å². The molecule has 0 aliphatic carbocycles. The number of hydrogen-bond donors (Lipinski definition) is 0. The first-order valence-electron chi connectivity index (χ1n) is 3.63. The molecule has 2 heteroatoms. The fourth-order valence-electron chi connectivity index (χ4n) is 1.26. The van der Waals surface area contributed by atoms with Crippen LogP contribution in [0.25, 0.3) is 10.8 Å². The highest BCUT2D eigenvalue weighted by atomic mass is 19.1. The Bertz CT molecular complexity index is 386. The van der Waals surface area contributed by atoms with E-state index in [1.807, 2.05) is 0 Å². The van der Waals surface area contributed by atoms with Crippen molar-refractivity contribution < 1.29 is 9.50 Å². The van der Waals surface area contributed by atoms with Gasteiger partial charge in [-0.15, -0.1) is 0 Å². The molecule has 59 valence electrons. The quantitative estimate of drug-likeness (QED) is 0.565. The Morgan fingerprint density at radius 2 is 1.67 bits per heavy atom. The molecule has 0 saturated carbocycles. The van der Waals surface area contributed by atoms with Crippen molar-refractivity contribution in [3.8, 4) is 5.75 Å². The van der Waals surface area contributed by atoms with E-state index < -0.39 is 5.82 Å². The third-order valence-corrected chi connectivity index (χ3v) is 1.82. The second-order valence-corrected chi connectivity index (χ2v) is 2.59. The normalized spacial score (nSPS) is 10.4. The Hall–Kier alpha value is -1.57. The molecule has 12 heavy (non-hydrogen) atoms. The molecule has 2 aromatic carbocycles. The van der Waals surface area contributed by atoms with Crippen molar-refractivity contribution in [1.82, 2.24) is 0 Å². The van der Waals surface area contributed by atoms with Crippen LogP contribution in [-0.2, 0) is 5.11 Å². The number of hydrogen-bond acceptors (Lipinski definition) is 0. The van der Waals surface area contributed by atoms with Gasteiger partial charge in [-0.05, 0) is 17.5 Å². The van der Waals surface area contributed by atoms with Crippen molar-refractivity contribution in [2.45, 2.75) is 0 Å². The molecule has 1 nitrogen and oxygen atoms in total. The van der Waals surface area contributed by atoms with Crippen molar-refractivity contribution in [1.29, 1.82) is 0 Å². The summed E-state index contributed by atoms with van der Waals surface area (Å²) in [5, 5.41) is 12.0. The lowest BCUT2D eigenvalue weighted by Gasteiger charge is -1.98. The average molecular weight is 161 g/mol. The van der Waals surface area contributed by atoms with Gasteiger partial charge in [-0.25, -0.2) is 4.39 Å². The molecule has 0 spiro atoms. The third-order valence-electron chi connectivity index (χ3n) is 1.82. The fraction of sp³-hybridized carbons (Fsp3) is 0. The summed E-state index contributed by atoms with van der Waals surface area (Å²) >= 11 is 0.